The molecule has 0 atom stereocenters. The highest BCUT2D eigenvalue weighted by Crippen LogP contribution is 2.21. The number of aromatic nitrogens is 2. The fourth-order valence-electron chi connectivity index (χ4n) is 4.43. The monoisotopic (exact) mass is 468 g/mol. The van der Waals surface area contributed by atoms with Crippen LogP contribution < -0.4 is 5.32 Å². The predicted octanol–water partition coefficient (Wildman–Crippen LogP) is 4.17. The zero-order valence-corrected chi connectivity index (χ0v) is 19.4. The molecule has 3 aromatic carbocycles. The number of ether oxygens (including phenoxy) is 1. The van der Waals surface area contributed by atoms with Gasteiger partial charge < -0.3 is 15.0 Å². The summed E-state index contributed by atoms with van der Waals surface area (Å²) in [5.41, 5.74) is 4.14. The lowest BCUT2D eigenvalue weighted by Gasteiger charge is -2.32. The quantitative estimate of drug-likeness (QED) is 0.398. The summed E-state index contributed by atoms with van der Waals surface area (Å²) in [6, 6.07) is 25.4. The lowest BCUT2D eigenvalue weighted by Crippen LogP contribution is -2.45. The molecule has 4 aromatic rings. The highest BCUT2D eigenvalue weighted by atomic mass is 16.5. The molecule has 5 rings (SSSR count). The Morgan fingerprint density at radius 3 is 2.43 bits per heavy atom. The third-order valence-corrected chi connectivity index (χ3v) is 6.30. The number of aromatic amines is 1. The summed E-state index contributed by atoms with van der Waals surface area (Å²) in [6.45, 7) is 2.48. The first-order valence-electron chi connectivity index (χ1n) is 11.9. The molecule has 1 aliphatic rings. The third-order valence-electron chi connectivity index (χ3n) is 6.30. The Morgan fingerprint density at radius 2 is 1.69 bits per heavy atom. The number of fused-ring (bicyclic) bond motifs is 1. The first kappa shape index (κ1) is 22.8. The zero-order valence-electron chi connectivity index (χ0n) is 19.4. The summed E-state index contributed by atoms with van der Waals surface area (Å²) < 4.78 is 5.28. The SMILES string of the molecule is O=C(COC(=O)c1ccc2nc(-c3ccccc3)[nH]c2c1)NC1CCN(Cc2ccccc2)CC1. The van der Waals surface area contributed by atoms with E-state index in [1.165, 1.54) is 5.56 Å². The number of nitrogens with one attached hydrogen (secondary N) is 2. The summed E-state index contributed by atoms with van der Waals surface area (Å²) in [4.78, 5) is 35.1. The van der Waals surface area contributed by atoms with E-state index < -0.39 is 5.97 Å². The first-order valence-corrected chi connectivity index (χ1v) is 11.9. The van der Waals surface area contributed by atoms with Gasteiger partial charge in [0.25, 0.3) is 5.91 Å². The molecule has 0 spiro atoms. The molecule has 2 N–H and O–H groups in total. The number of benzene rings is 3. The molecule has 7 nitrogen and oxygen atoms in total. The number of imidazole rings is 1. The van der Waals surface area contributed by atoms with Crippen molar-refractivity contribution < 1.29 is 14.3 Å². The maximum absolute atomic E-state index is 12.5. The standard InChI is InChI=1S/C28H28N4O3/c33-26(29-23-13-15-32(16-14-23)18-20-7-3-1-4-8-20)19-35-28(34)22-11-12-24-25(17-22)31-27(30-24)21-9-5-2-6-10-21/h1-12,17,23H,13-16,18-19H2,(H,29,33)(H,30,31). The predicted molar refractivity (Wildman–Crippen MR) is 135 cm³/mol. The topological polar surface area (TPSA) is 87.3 Å². The Kier molecular flexibility index (Phi) is 6.86. The van der Waals surface area contributed by atoms with Gasteiger partial charge in [-0.1, -0.05) is 60.7 Å². The molecule has 1 aliphatic heterocycles. The number of piperidine rings is 1. The number of carbonyl (C=O) groups is 2. The maximum atomic E-state index is 12.5. The van der Waals surface area contributed by atoms with E-state index in [4.69, 9.17) is 4.74 Å². The van der Waals surface area contributed by atoms with Crippen LogP contribution in [0.15, 0.2) is 78.9 Å². The highest BCUT2D eigenvalue weighted by Gasteiger charge is 2.21. The average Bonchev–Trinajstić information content (AvgIpc) is 3.33. The molecule has 0 unspecified atom stereocenters. The third kappa shape index (κ3) is 5.75. The smallest absolute Gasteiger partial charge is 0.338 e. The number of amides is 1. The van der Waals surface area contributed by atoms with Crippen LogP contribution in [0.1, 0.15) is 28.8 Å². The lowest BCUT2D eigenvalue weighted by molar-refractivity contribution is -0.125. The van der Waals surface area contributed by atoms with E-state index in [9.17, 15) is 9.59 Å². The molecule has 1 fully saturated rings. The molecule has 0 aliphatic carbocycles. The van der Waals surface area contributed by atoms with E-state index >= 15 is 0 Å². The second-order valence-corrected chi connectivity index (χ2v) is 8.86. The number of H-pyrrole nitrogens is 1. The Morgan fingerprint density at radius 1 is 0.971 bits per heavy atom. The first-order chi connectivity index (χ1) is 17.1. The van der Waals surface area contributed by atoms with Crippen molar-refractivity contribution in [2.45, 2.75) is 25.4 Å². The second-order valence-electron chi connectivity index (χ2n) is 8.86. The van der Waals surface area contributed by atoms with Crippen LogP contribution in [0, 0.1) is 0 Å². The van der Waals surface area contributed by atoms with Crippen molar-refractivity contribution in [1.29, 1.82) is 0 Å². The van der Waals surface area contributed by atoms with Crippen LogP contribution in [0.5, 0.6) is 0 Å². The van der Waals surface area contributed by atoms with E-state index in [0.717, 1.165) is 54.9 Å². The van der Waals surface area contributed by atoms with Crippen molar-refractivity contribution in [3.8, 4) is 11.4 Å². The van der Waals surface area contributed by atoms with Crippen molar-refractivity contribution in [3.05, 3.63) is 90.0 Å². The van der Waals surface area contributed by atoms with Gasteiger partial charge in [-0.25, -0.2) is 9.78 Å². The summed E-state index contributed by atoms with van der Waals surface area (Å²) in [7, 11) is 0. The molecule has 0 radical (unpaired) electrons. The molecule has 178 valence electrons. The molecule has 35 heavy (non-hydrogen) atoms. The van der Waals surface area contributed by atoms with Gasteiger partial charge in [0.1, 0.15) is 5.82 Å². The van der Waals surface area contributed by atoms with Crippen LogP contribution in [0.25, 0.3) is 22.4 Å². The van der Waals surface area contributed by atoms with E-state index in [1.54, 1.807) is 18.2 Å². The van der Waals surface area contributed by atoms with Crippen LogP contribution in [0.2, 0.25) is 0 Å². The van der Waals surface area contributed by atoms with E-state index in [0.29, 0.717) is 5.56 Å². The minimum absolute atomic E-state index is 0.103. The number of hydrogen-bond donors (Lipinski definition) is 2. The number of carbonyl (C=O) groups excluding carboxylic acids is 2. The Bertz CT molecular complexity index is 1300. The number of hydrogen-bond acceptors (Lipinski definition) is 5. The molecule has 1 saturated heterocycles. The van der Waals surface area contributed by atoms with Gasteiger partial charge in [0.05, 0.1) is 16.6 Å². The maximum Gasteiger partial charge on any atom is 0.338 e. The van der Waals surface area contributed by atoms with Crippen LogP contribution in [-0.2, 0) is 16.1 Å². The molecule has 7 heteroatoms. The molecule has 0 saturated carbocycles. The van der Waals surface area contributed by atoms with Crippen LogP contribution in [0.4, 0.5) is 0 Å². The van der Waals surface area contributed by atoms with Gasteiger partial charge in [-0.05, 0) is 36.6 Å². The number of nitrogens with zero attached hydrogens (tertiary/aromatic N) is 2. The van der Waals surface area contributed by atoms with Gasteiger partial charge in [-0.15, -0.1) is 0 Å². The minimum Gasteiger partial charge on any atom is -0.452 e. The Labute approximate surface area is 204 Å². The van der Waals surface area contributed by atoms with Crippen molar-refractivity contribution in [2.24, 2.45) is 0 Å². The lowest BCUT2D eigenvalue weighted by atomic mass is 10.0. The van der Waals surface area contributed by atoms with Gasteiger partial charge in [0, 0.05) is 31.2 Å². The Hall–Kier alpha value is -3.97. The van der Waals surface area contributed by atoms with Gasteiger partial charge in [-0.3, -0.25) is 9.69 Å². The zero-order chi connectivity index (χ0) is 24.0. The van der Waals surface area contributed by atoms with Gasteiger partial charge in [0.2, 0.25) is 0 Å². The van der Waals surface area contributed by atoms with Crippen molar-refractivity contribution >= 4 is 22.9 Å². The summed E-state index contributed by atoms with van der Waals surface area (Å²) in [5.74, 6) is -0.0651. The molecule has 2 heterocycles. The van der Waals surface area contributed by atoms with E-state index in [-0.39, 0.29) is 18.6 Å². The molecule has 0 bridgehead atoms. The van der Waals surface area contributed by atoms with Gasteiger partial charge in [0.15, 0.2) is 6.61 Å². The normalized spacial score (nSPS) is 14.6. The van der Waals surface area contributed by atoms with Crippen molar-refractivity contribution in [3.63, 3.8) is 0 Å². The summed E-state index contributed by atoms with van der Waals surface area (Å²) in [5, 5.41) is 3.00. The molecular weight excluding hydrogens is 440 g/mol. The van der Waals surface area contributed by atoms with Crippen molar-refractivity contribution in [1.82, 2.24) is 20.2 Å². The van der Waals surface area contributed by atoms with Crippen molar-refractivity contribution in [2.75, 3.05) is 19.7 Å². The number of rotatable bonds is 7. The number of likely N-dealkylation sites (tertiary alicyclic amines) is 1. The molecule has 1 amide bonds. The number of esters is 1. The summed E-state index contributed by atoms with van der Waals surface area (Å²) in [6.07, 6.45) is 1.76. The molecular formula is C28H28N4O3. The fraction of sp³-hybridized carbons (Fsp3) is 0.250. The van der Waals surface area contributed by atoms with Gasteiger partial charge in [-0.2, -0.15) is 0 Å². The highest BCUT2D eigenvalue weighted by molar-refractivity contribution is 5.95. The largest absolute Gasteiger partial charge is 0.452 e. The van der Waals surface area contributed by atoms with Crippen LogP contribution in [-0.4, -0.2) is 52.5 Å². The van der Waals surface area contributed by atoms with Crippen LogP contribution in [0.3, 0.4) is 0 Å². The van der Waals surface area contributed by atoms with Crippen LogP contribution >= 0.6 is 0 Å². The Balaban J connectivity index is 1.10. The molecule has 1 aromatic heterocycles. The van der Waals surface area contributed by atoms with E-state index in [2.05, 4.69) is 44.5 Å². The average molecular weight is 469 g/mol. The van der Waals surface area contributed by atoms with Gasteiger partial charge >= 0.3 is 5.97 Å². The minimum atomic E-state index is -0.532. The summed E-state index contributed by atoms with van der Waals surface area (Å²) >= 11 is 0. The fourth-order valence-corrected chi connectivity index (χ4v) is 4.43. The second kappa shape index (κ2) is 10.5. The van der Waals surface area contributed by atoms with E-state index in [1.807, 2.05) is 36.4 Å².